The highest BCUT2D eigenvalue weighted by molar-refractivity contribution is 7.18. The Balaban J connectivity index is 2.01. The number of hydrogen-bond donors (Lipinski definition) is 1. The van der Waals surface area contributed by atoms with Gasteiger partial charge in [-0.3, -0.25) is 0 Å². The van der Waals surface area contributed by atoms with Gasteiger partial charge in [0, 0.05) is 5.56 Å². The zero-order valence-electron chi connectivity index (χ0n) is 8.92. The zero-order chi connectivity index (χ0) is 11.7. The molecule has 0 atom stereocenters. The van der Waals surface area contributed by atoms with Crippen molar-refractivity contribution < 1.29 is 13.9 Å². The number of furan rings is 2. The molecule has 0 radical (unpaired) electrons. The van der Waals surface area contributed by atoms with Crippen LogP contribution in [0.2, 0.25) is 0 Å². The van der Waals surface area contributed by atoms with Gasteiger partial charge in [-0.25, -0.2) is 0 Å². The standard InChI is InChI=1S/C13H10O3S/c14-8-9-5-7-16-13(9)12-4-3-11(17-12)10-2-1-6-15-10/h1-7,14H,8H2. The lowest BCUT2D eigenvalue weighted by atomic mass is 10.2. The van der Waals surface area contributed by atoms with E-state index in [1.807, 2.05) is 24.3 Å². The van der Waals surface area contributed by atoms with E-state index in [9.17, 15) is 5.11 Å². The minimum Gasteiger partial charge on any atom is -0.464 e. The van der Waals surface area contributed by atoms with E-state index in [0.29, 0.717) is 0 Å². The van der Waals surface area contributed by atoms with Crippen LogP contribution in [0.25, 0.3) is 21.3 Å². The Morgan fingerprint density at radius 1 is 1.00 bits per heavy atom. The third-order valence-corrected chi connectivity index (χ3v) is 3.61. The average Bonchev–Trinajstić information content (AvgIpc) is 3.09. The van der Waals surface area contributed by atoms with Crippen molar-refractivity contribution in [3.63, 3.8) is 0 Å². The molecule has 4 heteroatoms. The van der Waals surface area contributed by atoms with Gasteiger partial charge >= 0.3 is 0 Å². The summed E-state index contributed by atoms with van der Waals surface area (Å²) in [6.45, 7) is -0.0141. The molecule has 0 saturated heterocycles. The van der Waals surface area contributed by atoms with E-state index in [1.54, 1.807) is 29.9 Å². The summed E-state index contributed by atoms with van der Waals surface area (Å²) < 4.78 is 10.7. The minimum atomic E-state index is -0.0141. The van der Waals surface area contributed by atoms with Gasteiger partial charge in [-0.15, -0.1) is 11.3 Å². The molecule has 0 aliphatic carbocycles. The number of aliphatic hydroxyl groups is 1. The topological polar surface area (TPSA) is 46.5 Å². The van der Waals surface area contributed by atoms with E-state index >= 15 is 0 Å². The Hall–Kier alpha value is -1.78. The Bertz CT molecular complexity index is 604. The summed E-state index contributed by atoms with van der Waals surface area (Å²) >= 11 is 1.58. The molecule has 0 unspecified atom stereocenters. The molecule has 0 saturated carbocycles. The van der Waals surface area contributed by atoms with E-state index < -0.39 is 0 Å². The molecule has 3 rings (SSSR count). The molecule has 0 spiro atoms. The minimum absolute atomic E-state index is 0.0141. The molecule has 1 N–H and O–H groups in total. The second-order valence-corrected chi connectivity index (χ2v) is 4.66. The van der Waals surface area contributed by atoms with Crippen LogP contribution in [0.15, 0.2) is 51.7 Å². The first-order valence-electron chi connectivity index (χ1n) is 5.20. The maximum Gasteiger partial charge on any atom is 0.149 e. The predicted octanol–water partition coefficient (Wildman–Crippen LogP) is 3.76. The summed E-state index contributed by atoms with van der Waals surface area (Å²) in [6, 6.07) is 9.52. The Labute approximate surface area is 102 Å². The van der Waals surface area contributed by atoms with E-state index in [-0.39, 0.29) is 6.61 Å². The lowest BCUT2D eigenvalue weighted by molar-refractivity contribution is 0.281. The fourth-order valence-electron chi connectivity index (χ4n) is 1.69. The van der Waals surface area contributed by atoms with Gasteiger partial charge in [-0.05, 0) is 30.3 Å². The molecule has 86 valence electrons. The summed E-state index contributed by atoms with van der Waals surface area (Å²) in [6.07, 6.45) is 3.24. The van der Waals surface area contributed by atoms with Crippen molar-refractivity contribution in [2.24, 2.45) is 0 Å². The first-order valence-corrected chi connectivity index (χ1v) is 6.01. The smallest absolute Gasteiger partial charge is 0.149 e. The van der Waals surface area contributed by atoms with Crippen LogP contribution in [0.5, 0.6) is 0 Å². The molecule has 3 aromatic rings. The quantitative estimate of drug-likeness (QED) is 0.765. The van der Waals surface area contributed by atoms with Gasteiger partial charge in [0.2, 0.25) is 0 Å². The summed E-state index contributed by atoms with van der Waals surface area (Å²) in [7, 11) is 0. The van der Waals surface area contributed by atoms with Crippen LogP contribution in [-0.4, -0.2) is 5.11 Å². The van der Waals surface area contributed by atoms with Crippen molar-refractivity contribution in [1.82, 2.24) is 0 Å². The van der Waals surface area contributed by atoms with Crippen molar-refractivity contribution in [3.8, 4) is 21.3 Å². The molecule has 3 nitrogen and oxygen atoms in total. The van der Waals surface area contributed by atoms with Gasteiger partial charge in [0.25, 0.3) is 0 Å². The zero-order valence-corrected chi connectivity index (χ0v) is 9.74. The summed E-state index contributed by atoms with van der Waals surface area (Å²) in [5.74, 6) is 1.58. The second kappa shape index (κ2) is 4.24. The van der Waals surface area contributed by atoms with Crippen LogP contribution < -0.4 is 0 Å². The van der Waals surface area contributed by atoms with Crippen LogP contribution in [-0.2, 0) is 6.61 Å². The van der Waals surface area contributed by atoms with E-state index in [2.05, 4.69) is 0 Å². The molecule has 0 aliphatic heterocycles. The van der Waals surface area contributed by atoms with Crippen LogP contribution in [0, 0.1) is 0 Å². The first kappa shape index (κ1) is 10.4. The molecule has 3 heterocycles. The molecular formula is C13H10O3S. The van der Waals surface area contributed by atoms with Crippen LogP contribution in [0.1, 0.15) is 5.56 Å². The van der Waals surface area contributed by atoms with Gasteiger partial charge in [-0.2, -0.15) is 0 Å². The van der Waals surface area contributed by atoms with E-state index in [1.165, 1.54) is 0 Å². The van der Waals surface area contributed by atoms with Crippen LogP contribution >= 0.6 is 11.3 Å². The lowest BCUT2D eigenvalue weighted by Gasteiger charge is -1.95. The van der Waals surface area contributed by atoms with Crippen LogP contribution in [0.3, 0.4) is 0 Å². The average molecular weight is 246 g/mol. The van der Waals surface area contributed by atoms with Gasteiger partial charge < -0.3 is 13.9 Å². The number of hydrogen-bond acceptors (Lipinski definition) is 4. The summed E-state index contributed by atoms with van der Waals surface area (Å²) in [5, 5.41) is 9.19. The van der Waals surface area contributed by atoms with Gasteiger partial charge in [-0.1, -0.05) is 0 Å². The van der Waals surface area contributed by atoms with Gasteiger partial charge in [0.15, 0.2) is 0 Å². The first-order chi connectivity index (χ1) is 8.38. The number of aliphatic hydroxyl groups excluding tert-OH is 1. The molecule has 0 bridgehead atoms. The predicted molar refractivity (Wildman–Crippen MR) is 65.6 cm³/mol. The van der Waals surface area contributed by atoms with E-state index in [0.717, 1.165) is 26.8 Å². The van der Waals surface area contributed by atoms with Crippen molar-refractivity contribution in [2.75, 3.05) is 0 Å². The largest absolute Gasteiger partial charge is 0.464 e. The maximum atomic E-state index is 9.19. The maximum absolute atomic E-state index is 9.19. The fourth-order valence-corrected chi connectivity index (χ4v) is 2.69. The highest BCUT2D eigenvalue weighted by Gasteiger charge is 2.12. The molecule has 0 aliphatic rings. The highest BCUT2D eigenvalue weighted by Crippen LogP contribution is 2.36. The Morgan fingerprint density at radius 2 is 1.88 bits per heavy atom. The summed E-state index contributed by atoms with van der Waals surface area (Å²) in [4.78, 5) is 2.04. The third kappa shape index (κ3) is 1.81. The van der Waals surface area contributed by atoms with Crippen molar-refractivity contribution in [1.29, 1.82) is 0 Å². The normalized spacial score (nSPS) is 10.9. The SMILES string of the molecule is OCc1ccoc1-c1ccc(-c2ccco2)s1. The molecule has 17 heavy (non-hydrogen) atoms. The third-order valence-electron chi connectivity index (χ3n) is 2.51. The Kier molecular flexibility index (Phi) is 2.59. The van der Waals surface area contributed by atoms with Crippen molar-refractivity contribution >= 4 is 11.3 Å². The lowest BCUT2D eigenvalue weighted by Crippen LogP contribution is -1.80. The monoisotopic (exact) mass is 246 g/mol. The molecule has 0 aromatic carbocycles. The molecular weight excluding hydrogens is 236 g/mol. The summed E-state index contributed by atoms with van der Waals surface area (Å²) in [5.41, 5.74) is 0.804. The Morgan fingerprint density at radius 3 is 2.65 bits per heavy atom. The fraction of sp³-hybridized carbons (Fsp3) is 0.0769. The molecule has 0 fully saturated rings. The van der Waals surface area contributed by atoms with Crippen molar-refractivity contribution in [3.05, 3.63) is 48.4 Å². The van der Waals surface area contributed by atoms with Crippen molar-refractivity contribution in [2.45, 2.75) is 6.61 Å². The molecule has 0 amide bonds. The van der Waals surface area contributed by atoms with Gasteiger partial charge in [0.05, 0.1) is 28.9 Å². The number of rotatable bonds is 3. The van der Waals surface area contributed by atoms with Gasteiger partial charge in [0.1, 0.15) is 11.5 Å². The second-order valence-electron chi connectivity index (χ2n) is 3.57. The molecule has 3 aromatic heterocycles. The van der Waals surface area contributed by atoms with E-state index in [4.69, 9.17) is 8.83 Å². The number of thiophene rings is 1. The van der Waals surface area contributed by atoms with Crippen LogP contribution in [0.4, 0.5) is 0 Å². The highest BCUT2D eigenvalue weighted by atomic mass is 32.1.